The first-order valence-corrected chi connectivity index (χ1v) is 19.9. The van der Waals surface area contributed by atoms with E-state index in [1.54, 1.807) is 12.4 Å². The molecule has 0 radical (unpaired) electrons. The van der Waals surface area contributed by atoms with Crippen LogP contribution in [0.2, 0.25) is 0 Å². The molecule has 5 nitrogen and oxygen atoms in total. The number of hydrogen-bond acceptors (Lipinski definition) is 3. The molecule has 8 rings (SSSR count). The number of carbonyl (C=O) groups excluding carboxylic acids is 1. The van der Waals surface area contributed by atoms with Crippen molar-refractivity contribution in [3.63, 3.8) is 0 Å². The average Bonchev–Trinajstić information content (AvgIpc) is 3.64. The summed E-state index contributed by atoms with van der Waals surface area (Å²) in [5, 5.41) is 4.83. The molecule has 284 valence electrons. The number of rotatable bonds is 4. The third-order valence-electron chi connectivity index (χ3n) is 11.5. The molecule has 0 aliphatic rings. The van der Waals surface area contributed by atoms with Crippen molar-refractivity contribution in [1.82, 2.24) is 19.1 Å². The summed E-state index contributed by atoms with van der Waals surface area (Å²) in [4.78, 5) is 23.7. The molecule has 0 aliphatic heterocycles. The first kappa shape index (κ1) is 37.4. The van der Waals surface area contributed by atoms with E-state index >= 15 is 0 Å². The number of hydrogen-bond donors (Lipinski definition) is 0. The molecule has 4 heterocycles. The molecule has 0 atom stereocenters. The normalized spacial score (nSPS) is 13.1. The fourth-order valence-electron chi connectivity index (χ4n) is 7.88. The van der Waals surface area contributed by atoms with E-state index in [1.165, 1.54) is 43.8 Å². The standard InChI is InChI=1S/C51H54N4O/c1-48(2,3)33-15-19-41-37(25-33)38-26-34(49(4,5)6)16-20-42(38)54(41)45-23-13-31(29-52-45)47(56)32-14-24-46(53-30-32)55-43-21-17-35(50(7,8)9)27-39(43)40-28-36(51(10,11)12)18-22-44(40)55/h13-30H,1-12H3. The van der Waals surface area contributed by atoms with Crippen LogP contribution in [-0.2, 0) is 21.7 Å². The van der Waals surface area contributed by atoms with E-state index in [0.717, 1.165) is 33.7 Å². The van der Waals surface area contributed by atoms with Gasteiger partial charge in [-0.3, -0.25) is 13.9 Å². The van der Waals surface area contributed by atoms with Gasteiger partial charge in [-0.25, -0.2) is 9.97 Å². The zero-order valence-electron chi connectivity index (χ0n) is 35.1. The highest BCUT2D eigenvalue weighted by molar-refractivity contribution is 6.11. The number of aromatic nitrogens is 4. The van der Waals surface area contributed by atoms with Gasteiger partial charge in [-0.2, -0.15) is 0 Å². The maximum absolute atomic E-state index is 13.9. The number of fused-ring (bicyclic) bond motifs is 6. The molecular formula is C51H54N4O. The summed E-state index contributed by atoms with van der Waals surface area (Å²) in [7, 11) is 0. The predicted molar refractivity (Wildman–Crippen MR) is 235 cm³/mol. The Morgan fingerprint density at radius 3 is 0.875 bits per heavy atom. The van der Waals surface area contributed by atoms with Crippen LogP contribution in [0.15, 0.2) is 109 Å². The van der Waals surface area contributed by atoms with Crippen LogP contribution in [0.5, 0.6) is 0 Å². The van der Waals surface area contributed by atoms with E-state index in [0.29, 0.717) is 11.1 Å². The Labute approximate surface area is 331 Å². The highest BCUT2D eigenvalue weighted by Gasteiger charge is 2.24. The fourth-order valence-corrected chi connectivity index (χ4v) is 7.88. The molecule has 56 heavy (non-hydrogen) atoms. The number of nitrogens with zero attached hydrogens (tertiary/aromatic N) is 4. The van der Waals surface area contributed by atoms with Gasteiger partial charge in [0.05, 0.1) is 22.1 Å². The first-order valence-electron chi connectivity index (χ1n) is 19.9. The van der Waals surface area contributed by atoms with E-state index < -0.39 is 0 Å². The minimum atomic E-state index is -0.109. The molecule has 0 fully saturated rings. The van der Waals surface area contributed by atoms with E-state index in [1.807, 2.05) is 24.3 Å². The van der Waals surface area contributed by atoms with Gasteiger partial charge in [-0.05, 0) is 117 Å². The van der Waals surface area contributed by atoms with Gasteiger partial charge in [-0.1, -0.05) is 107 Å². The number of pyridine rings is 2. The lowest BCUT2D eigenvalue weighted by molar-refractivity contribution is 0.103. The van der Waals surface area contributed by atoms with Crippen LogP contribution in [0.4, 0.5) is 0 Å². The molecule has 0 aliphatic carbocycles. The van der Waals surface area contributed by atoms with Crippen molar-refractivity contribution in [3.05, 3.63) is 143 Å². The molecule has 4 aromatic heterocycles. The van der Waals surface area contributed by atoms with Crippen LogP contribution in [0.25, 0.3) is 55.2 Å². The van der Waals surface area contributed by atoms with E-state index in [9.17, 15) is 4.79 Å². The Morgan fingerprint density at radius 1 is 0.393 bits per heavy atom. The zero-order valence-corrected chi connectivity index (χ0v) is 35.1. The molecule has 0 bridgehead atoms. The van der Waals surface area contributed by atoms with Crippen LogP contribution in [0, 0.1) is 0 Å². The summed E-state index contributed by atoms with van der Waals surface area (Å²) in [5.74, 6) is 1.44. The second-order valence-corrected chi connectivity index (χ2v) is 19.7. The Bertz CT molecular complexity index is 2480. The van der Waals surface area contributed by atoms with Crippen molar-refractivity contribution in [2.75, 3.05) is 0 Å². The molecular weight excluding hydrogens is 685 g/mol. The van der Waals surface area contributed by atoms with Crippen LogP contribution in [-0.4, -0.2) is 24.9 Å². The van der Waals surface area contributed by atoms with Crippen LogP contribution >= 0.6 is 0 Å². The van der Waals surface area contributed by atoms with E-state index in [2.05, 4.69) is 165 Å². The largest absolute Gasteiger partial charge is 0.294 e. The highest BCUT2D eigenvalue weighted by Crippen LogP contribution is 2.39. The molecule has 4 aromatic carbocycles. The molecule has 0 saturated heterocycles. The molecule has 0 N–H and O–H groups in total. The third kappa shape index (κ3) is 6.41. The molecule has 0 amide bonds. The zero-order chi connectivity index (χ0) is 40.1. The Hall–Kier alpha value is -5.55. The van der Waals surface area contributed by atoms with Gasteiger partial charge in [0, 0.05) is 45.1 Å². The van der Waals surface area contributed by atoms with Crippen LogP contribution in [0.1, 0.15) is 121 Å². The van der Waals surface area contributed by atoms with Crippen molar-refractivity contribution < 1.29 is 4.79 Å². The maximum atomic E-state index is 13.9. The van der Waals surface area contributed by atoms with Crippen molar-refractivity contribution in [2.24, 2.45) is 0 Å². The van der Waals surface area contributed by atoms with Gasteiger partial charge in [0.25, 0.3) is 0 Å². The summed E-state index contributed by atoms with van der Waals surface area (Å²) in [6, 6.07) is 34.8. The molecule has 0 saturated carbocycles. The Morgan fingerprint density at radius 2 is 0.661 bits per heavy atom. The summed E-state index contributed by atoms with van der Waals surface area (Å²) < 4.78 is 4.43. The van der Waals surface area contributed by atoms with Crippen molar-refractivity contribution in [1.29, 1.82) is 0 Å². The molecule has 8 aromatic rings. The lowest BCUT2D eigenvalue weighted by Gasteiger charge is -2.19. The Kier molecular flexibility index (Phi) is 8.50. The first-order chi connectivity index (χ1) is 26.2. The second-order valence-electron chi connectivity index (χ2n) is 19.7. The highest BCUT2D eigenvalue weighted by atomic mass is 16.1. The number of benzene rings is 4. The molecule has 0 spiro atoms. The number of carbonyl (C=O) groups is 1. The summed E-state index contributed by atoms with van der Waals surface area (Å²) in [5.41, 5.74) is 10.7. The summed E-state index contributed by atoms with van der Waals surface area (Å²) >= 11 is 0. The van der Waals surface area contributed by atoms with E-state index in [-0.39, 0.29) is 27.4 Å². The van der Waals surface area contributed by atoms with Crippen molar-refractivity contribution >= 4 is 49.4 Å². The minimum absolute atomic E-state index is 0.0212. The van der Waals surface area contributed by atoms with Gasteiger partial charge in [0.15, 0.2) is 5.78 Å². The average molecular weight is 739 g/mol. The molecule has 0 unspecified atom stereocenters. The minimum Gasteiger partial charge on any atom is -0.294 e. The molecule has 5 heteroatoms. The van der Waals surface area contributed by atoms with Gasteiger partial charge in [0.2, 0.25) is 0 Å². The van der Waals surface area contributed by atoms with Gasteiger partial charge >= 0.3 is 0 Å². The summed E-state index contributed by atoms with van der Waals surface area (Å²) in [6.07, 6.45) is 3.39. The topological polar surface area (TPSA) is 52.7 Å². The summed E-state index contributed by atoms with van der Waals surface area (Å²) in [6.45, 7) is 27.0. The van der Waals surface area contributed by atoms with Crippen molar-refractivity contribution in [2.45, 2.75) is 105 Å². The van der Waals surface area contributed by atoms with Crippen LogP contribution < -0.4 is 0 Å². The fraction of sp³-hybridized carbons (Fsp3) is 0.314. The lowest BCUT2D eigenvalue weighted by atomic mass is 9.85. The van der Waals surface area contributed by atoms with Gasteiger partial charge < -0.3 is 0 Å². The monoisotopic (exact) mass is 738 g/mol. The number of ketones is 1. The Balaban J connectivity index is 1.16. The lowest BCUT2D eigenvalue weighted by Crippen LogP contribution is -2.10. The SMILES string of the molecule is CC(C)(C)c1ccc2c(c1)c1cc(C(C)(C)C)ccc1n2-c1ccc(C(=O)c2ccc(-n3c4ccc(C(C)(C)C)cc4c4cc(C(C)(C)C)ccc43)nc2)cn1. The van der Waals surface area contributed by atoms with Crippen molar-refractivity contribution in [3.8, 4) is 11.6 Å². The smallest absolute Gasteiger partial charge is 0.196 e. The van der Waals surface area contributed by atoms with Gasteiger partial charge in [0.1, 0.15) is 11.6 Å². The predicted octanol–water partition coefficient (Wildman–Crippen LogP) is 13.1. The van der Waals surface area contributed by atoms with Crippen LogP contribution in [0.3, 0.4) is 0 Å². The second kappa shape index (κ2) is 12.7. The quantitative estimate of drug-likeness (QED) is 0.169. The maximum Gasteiger partial charge on any atom is 0.196 e. The third-order valence-corrected chi connectivity index (χ3v) is 11.5. The van der Waals surface area contributed by atoms with Gasteiger partial charge in [-0.15, -0.1) is 0 Å². The van der Waals surface area contributed by atoms with E-state index in [4.69, 9.17) is 9.97 Å².